The number of fused-ring (bicyclic) bond motifs is 2. The first kappa shape index (κ1) is 22.7. The number of aliphatic hydroxyl groups is 1. The lowest BCUT2D eigenvalue weighted by molar-refractivity contribution is 0.0224. The largest absolute Gasteiger partial charge is 0.390 e. The van der Waals surface area contributed by atoms with Gasteiger partial charge in [-0.15, -0.1) is 5.10 Å². The normalized spacial score (nSPS) is 25.5. The van der Waals surface area contributed by atoms with E-state index in [-0.39, 0.29) is 29.6 Å². The van der Waals surface area contributed by atoms with Crippen LogP contribution in [-0.2, 0) is 12.0 Å². The fourth-order valence-electron chi connectivity index (χ4n) is 5.87. The lowest BCUT2D eigenvalue weighted by Gasteiger charge is -2.41. The first-order valence-corrected chi connectivity index (χ1v) is 12.7. The lowest BCUT2D eigenvalue weighted by Crippen LogP contribution is -2.55. The summed E-state index contributed by atoms with van der Waals surface area (Å²) in [5, 5.41) is 22.5. The van der Waals surface area contributed by atoms with E-state index in [9.17, 15) is 9.90 Å². The molecule has 4 atom stereocenters. The van der Waals surface area contributed by atoms with Crippen LogP contribution < -0.4 is 5.32 Å². The topological polar surface area (TPSA) is 83.3 Å². The van der Waals surface area contributed by atoms with Crippen LogP contribution in [0.3, 0.4) is 0 Å². The van der Waals surface area contributed by atoms with Crippen LogP contribution in [-0.4, -0.2) is 56.6 Å². The smallest absolute Gasteiger partial charge is 0.273 e. The monoisotopic (exact) mass is 491 g/mol. The molecule has 1 aliphatic heterocycles. The number of benzene rings is 2. The number of halogens is 1. The Hall–Kier alpha value is -2.74. The second kappa shape index (κ2) is 8.43. The average molecular weight is 492 g/mol. The van der Waals surface area contributed by atoms with Gasteiger partial charge in [-0.25, -0.2) is 4.68 Å². The van der Waals surface area contributed by atoms with Crippen molar-refractivity contribution in [2.45, 2.75) is 62.3 Å². The van der Waals surface area contributed by atoms with Crippen molar-refractivity contribution < 1.29 is 9.90 Å². The third kappa shape index (κ3) is 4.05. The first-order valence-electron chi connectivity index (χ1n) is 12.3. The van der Waals surface area contributed by atoms with Crippen molar-refractivity contribution in [3.63, 3.8) is 0 Å². The van der Waals surface area contributed by atoms with Crippen LogP contribution in [0.5, 0.6) is 0 Å². The average Bonchev–Trinajstić information content (AvgIpc) is 3.41. The number of rotatable bonds is 5. The highest BCUT2D eigenvalue weighted by Crippen LogP contribution is 2.52. The molecule has 3 aliphatic rings. The van der Waals surface area contributed by atoms with Crippen LogP contribution in [0.25, 0.3) is 0 Å². The highest BCUT2D eigenvalue weighted by molar-refractivity contribution is 6.30. The van der Waals surface area contributed by atoms with E-state index in [4.69, 9.17) is 11.6 Å². The number of hydrogen-bond donors (Lipinski definition) is 2. The van der Waals surface area contributed by atoms with Gasteiger partial charge < -0.3 is 15.3 Å². The van der Waals surface area contributed by atoms with E-state index in [1.165, 1.54) is 24.0 Å². The summed E-state index contributed by atoms with van der Waals surface area (Å²) in [4.78, 5) is 15.2. The van der Waals surface area contributed by atoms with E-state index < -0.39 is 6.10 Å². The highest BCUT2D eigenvalue weighted by Gasteiger charge is 2.48. The van der Waals surface area contributed by atoms with Crippen LogP contribution in [0.15, 0.2) is 48.7 Å². The van der Waals surface area contributed by atoms with Gasteiger partial charge in [0.1, 0.15) is 0 Å². The third-order valence-corrected chi connectivity index (χ3v) is 8.35. The molecule has 0 radical (unpaired) electrons. The number of nitrogens with zero attached hydrogens (tertiary/aromatic N) is 4. The van der Waals surface area contributed by atoms with Crippen LogP contribution in [0.4, 0.5) is 0 Å². The van der Waals surface area contributed by atoms with Crippen molar-refractivity contribution >= 4 is 17.5 Å². The fourth-order valence-corrected chi connectivity index (χ4v) is 6.06. The molecular formula is C27H30ClN5O2. The van der Waals surface area contributed by atoms with Crippen LogP contribution in [0.1, 0.15) is 70.9 Å². The standard InChI is InChI=1S/C27H30ClN5O2/c1-16(17-6-7-22-19(10-17)13-32(2)15-27(22)8-9-27)33-14-24(30-31-33)26(35)29-23-12-21(25(23)34)18-4-3-5-20(28)11-18/h3-7,10-11,14,16,21,23,25,34H,8-9,12-13,15H2,1-2H3,(H,29,35). The molecule has 2 aromatic carbocycles. The van der Waals surface area contributed by atoms with E-state index in [2.05, 4.69) is 52.7 Å². The summed E-state index contributed by atoms with van der Waals surface area (Å²) in [5.41, 5.74) is 5.65. The third-order valence-electron chi connectivity index (χ3n) is 8.11. The van der Waals surface area contributed by atoms with Gasteiger partial charge in [0.15, 0.2) is 5.69 Å². The molecule has 8 heteroatoms. The predicted molar refractivity (Wildman–Crippen MR) is 134 cm³/mol. The zero-order valence-electron chi connectivity index (χ0n) is 20.0. The summed E-state index contributed by atoms with van der Waals surface area (Å²) >= 11 is 6.08. The maximum absolute atomic E-state index is 12.8. The SMILES string of the molecule is CC(c1ccc2c(c1)CN(C)CC21CC1)n1cc(C(=O)NC2CC(c3cccc(Cl)c3)C2O)nn1. The molecule has 4 unspecified atom stereocenters. The number of hydrogen-bond acceptors (Lipinski definition) is 5. The first-order chi connectivity index (χ1) is 16.8. The molecule has 182 valence electrons. The minimum Gasteiger partial charge on any atom is -0.390 e. The molecule has 2 heterocycles. The van der Waals surface area contributed by atoms with Gasteiger partial charge in [-0.1, -0.05) is 47.1 Å². The second-order valence-corrected chi connectivity index (χ2v) is 11.0. The zero-order valence-corrected chi connectivity index (χ0v) is 20.7. The van der Waals surface area contributed by atoms with Crippen molar-refractivity contribution in [2.75, 3.05) is 13.6 Å². The van der Waals surface area contributed by atoms with Gasteiger partial charge in [-0.05, 0) is 67.6 Å². The Morgan fingerprint density at radius 2 is 2.09 bits per heavy atom. The molecule has 1 aromatic heterocycles. The minimum absolute atomic E-state index is 0.0347. The summed E-state index contributed by atoms with van der Waals surface area (Å²) in [6.45, 7) is 4.18. The summed E-state index contributed by atoms with van der Waals surface area (Å²) in [5.74, 6) is -0.354. The Morgan fingerprint density at radius 3 is 2.83 bits per heavy atom. The van der Waals surface area contributed by atoms with Gasteiger partial charge in [0.2, 0.25) is 0 Å². The Labute approximate surface area is 210 Å². The van der Waals surface area contributed by atoms with Gasteiger partial charge in [-0.2, -0.15) is 0 Å². The van der Waals surface area contributed by atoms with Gasteiger partial charge >= 0.3 is 0 Å². The van der Waals surface area contributed by atoms with Crippen LogP contribution in [0.2, 0.25) is 5.02 Å². The molecule has 1 spiro atoms. The maximum Gasteiger partial charge on any atom is 0.273 e. The summed E-state index contributed by atoms with van der Waals surface area (Å²) in [6, 6.07) is 13.9. The number of carbonyl (C=O) groups excluding carboxylic acids is 1. The predicted octanol–water partition coefficient (Wildman–Crippen LogP) is 3.66. The van der Waals surface area contributed by atoms with Crippen molar-refractivity contribution in [3.8, 4) is 0 Å². The van der Waals surface area contributed by atoms with Crippen molar-refractivity contribution in [3.05, 3.63) is 81.6 Å². The van der Waals surface area contributed by atoms with E-state index in [0.29, 0.717) is 16.9 Å². The molecule has 0 saturated heterocycles. The number of likely N-dealkylation sites (N-methyl/N-ethyl adjacent to an activating group) is 1. The minimum atomic E-state index is -0.658. The van der Waals surface area contributed by atoms with E-state index >= 15 is 0 Å². The van der Waals surface area contributed by atoms with Gasteiger partial charge in [-0.3, -0.25) is 4.79 Å². The second-order valence-electron chi connectivity index (χ2n) is 10.6. The zero-order chi connectivity index (χ0) is 24.3. The molecule has 35 heavy (non-hydrogen) atoms. The summed E-state index contributed by atoms with van der Waals surface area (Å²) in [6.07, 6.45) is 4.23. The van der Waals surface area contributed by atoms with Crippen LogP contribution >= 0.6 is 11.6 Å². The molecule has 2 fully saturated rings. The number of amides is 1. The van der Waals surface area contributed by atoms with E-state index in [0.717, 1.165) is 24.2 Å². The molecular weight excluding hydrogens is 462 g/mol. The molecule has 7 nitrogen and oxygen atoms in total. The lowest BCUT2D eigenvalue weighted by atomic mass is 9.73. The quantitative estimate of drug-likeness (QED) is 0.569. The van der Waals surface area contributed by atoms with E-state index in [1.807, 2.05) is 24.3 Å². The molecule has 3 aromatic rings. The van der Waals surface area contributed by atoms with Gasteiger partial charge in [0, 0.05) is 29.4 Å². The number of aromatic nitrogens is 3. The molecule has 0 bridgehead atoms. The number of aliphatic hydroxyl groups excluding tert-OH is 1. The molecule has 6 rings (SSSR count). The summed E-state index contributed by atoms with van der Waals surface area (Å²) in [7, 11) is 2.19. The Bertz CT molecular complexity index is 1290. The summed E-state index contributed by atoms with van der Waals surface area (Å²) < 4.78 is 1.74. The van der Waals surface area contributed by atoms with Crippen LogP contribution in [0, 0.1) is 0 Å². The molecule has 2 aliphatic carbocycles. The molecule has 2 N–H and O–H groups in total. The fraction of sp³-hybridized carbons (Fsp3) is 0.444. The van der Waals surface area contributed by atoms with Crippen molar-refractivity contribution in [1.29, 1.82) is 0 Å². The Morgan fingerprint density at radius 1 is 1.26 bits per heavy atom. The molecule has 2 saturated carbocycles. The van der Waals surface area contributed by atoms with Crippen molar-refractivity contribution in [2.24, 2.45) is 0 Å². The van der Waals surface area contributed by atoms with E-state index in [1.54, 1.807) is 10.9 Å². The molecule has 1 amide bonds. The van der Waals surface area contributed by atoms with Gasteiger partial charge in [0.05, 0.1) is 24.4 Å². The number of nitrogens with one attached hydrogen (secondary N) is 1. The Kier molecular flexibility index (Phi) is 5.47. The maximum atomic E-state index is 12.8. The Balaban J connectivity index is 1.12. The van der Waals surface area contributed by atoms with Gasteiger partial charge in [0.25, 0.3) is 5.91 Å². The van der Waals surface area contributed by atoms with Crippen molar-refractivity contribution in [1.82, 2.24) is 25.2 Å². The highest BCUT2D eigenvalue weighted by atomic mass is 35.5. The number of carbonyl (C=O) groups is 1.